The summed E-state index contributed by atoms with van der Waals surface area (Å²) in [6, 6.07) is 24.1. The average Bonchev–Trinajstić information content (AvgIpc) is 2.69. The van der Waals surface area contributed by atoms with Crippen molar-refractivity contribution < 1.29 is 14.4 Å². The van der Waals surface area contributed by atoms with E-state index < -0.39 is 0 Å². The Kier molecular flexibility index (Phi) is 5.32. The predicted molar refractivity (Wildman–Crippen MR) is 114 cm³/mol. The van der Waals surface area contributed by atoms with Crippen LogP contribution in [0.3, 0.4) is 0 Å². The highest BCUT2D eigenvalue weighted by molar-refractivity contribution is 14.2. The minimum atomic E-state index is 0.165. The molecule has 132 valence electrons. The van der Waals surface area contributed by atoms with Crippen molar-refractivity contribution in [1.82, 2.24) is 0 Å². The van der Waals surface area contributed by atoms with Gasteiger partial charge in [-0.2, -0.15) is 0 Å². The summed E-state index contributed by atoms with van der Waals surface area (Å²) in [5.74, 6) is 2.37. The number of phenolic OH excluding ortho intramolecular Hbond substituents is 1. The van der Waals surface area contributed by atoms with Gasteiger partial charge in [0.2, 0.25) is 0 Å². The normalized spacial score (nSPS) is 19.1. The van der Waals surface area contributed by atoms with E-state index in [0.717, 1.165) is 17.1 Å². The Morgan fingerprint density at radius 2 is 1.73 bits per heavy atom. The van der Waals surface area contributed by atoms with Crippen LogP contribution in [0.25, 0.3) is 0 Å². The Hall–Kier alpha value is -1.78. The number of halogens is 1. The van der Waals surface area contributed by atoms with Crippen LogP contribution < -0.4 is 9.26 Å². The fraction of sp³-hybridized carbons (Fsp3) is 0.143. The summed E-state index contributed by atoms with van der Waals surface area (Å²) in [7, 11) is 0. The first-order chi connectivity index (χ1) is 12.8. The molecule has 0 radical (unpaired) electrons. The van der Waals surface area contributed by atoms with Crippen molar-refractivity contribution in [3.63, 3.8) is 0 Å². The Morgan fingerprint density at radius 3 is 2.46 bits per heavy atom. The molecule has 3 atom stereocenters. The molecule has 0 saturated heterocycles. The van der Waals surface area contributed by atoms with Crippen molar-refractivity contribution in [3.05, 3.63) is 89.5 Å². The minimum Gasteiger partial charge on any atom is -0.508 e. The Morgan fingerprint density at radius 1 is 0.962 bits per heavy atom. The van der Waals surface area contributed by atoms with E-state index in [9.17, 15) is 5.11 Å². The molecule has 0 amide bonds. The number of hydrogen-bond acceptors (Lipinski definition) is 3. The van der Waals surface area contributed by atoms with E-state index in [-0.39, 0.29) is 17.6 Å². The maximum atomic E-state index is 9.69. The largest absolute Gasteiger partial charge is 0.508 e. The van der Waals surface area contributed by atoms with Crippen molar-refractivity contribution in [2.75, 3.05) is 6.61 Å². The van der Waals surface area contributed by atoms with Crippen LogP contribution in [0.2, 0.25) is 0 Å². The topological polar surface area (TPSA) is 38.7 Å². The molecule has 26 heavy (non-hydrogen) atoms. The summed E-state index contributed by atoms with van der Waals surface area (Å²) < 4.78 is 11.8. The zero-order valence-electron chi connectivity index (χ0n) is 13.9. The first-order valence-electron chi connectivity index (χ1n) is 8.39. The number of rotatable bonds is 4. The van der Waals surface area contributed by atoms with E-state index in [1.807, 2.05) is 30.3 Å². The van der Waals surface area contributed by atoms with Gasteiger partial charge in [-0.3, -0.25) is 0 Å². The number of ether oxygens (including phenoxy) is 1. The summed E-state index contributed by atoms with van der Waals surface area (Å²) in [5.41, 5.74) is 3.58. The summed E-state index contributed by atoms with van der Waals surface area (Å²) in [5, 5.41) is 9.69. The van der Waals surface area contributed by atoms with Crippen molar-refractivity contribution in [1.29, 1.82) is 0 Å². The van der Waals surface area contributed by atoms with Gasteiger partial charge in [0.15, 0.2) is 0 Å². The minimum absolute atomic E-state index is 0.165. The van der Waals surface area contributed by atoms with Gasteiger partial charge in [-0.15, -0.1) is 0 Å². The first-order valence-corrected chi connectivity index (χ1v) is 12.4. The zero-order chi connectivity index (χ0) is 17.9. The molecular formula is C21H18IO3P. The second-order valence-corrected chi connectivity index (χ2v) is 7.96. The van der Waals surface area contributed by atoms with Gasteiger partial charge in [-0.1, -0.05) is 48.5 Å². The molecule has 5 heteroatoms. The standard InChI is InChI=1S/C21H18IO3P/c22-26-25-17-10-11-18-20(12-17)24-13-19(14-4-2-1-3-5-14)21(18)15-6-8-16(23)9-7-15/h1-12,19,21,23,26H,13H2/t19-,21-/m1/s1. The summed E-state index contributed by atoms with van der Waals surface area (Å²) >= 11 is 2.22. The molecule has 1 heterocycles. The van der Waals surface area contributed by atoms with Crippen molar-refractivity contribution >= 4 is 28.5 Å². The fourth-order valence-corrected chi connectivity index (χ4v) is 4.56. The molecule has 0 fully saturated rings. The monoisotopic (exact) mass is 476 g/mol. The Bertz CT molecular complexity index is 884. The van der Waals surface area contributed by atoms with Gasteiger partial charge in [0, 0.05) is 23.5 Å². The van der Waals surface area contributed by atoms with E-state index in [1.165, 1.54) is 11.1 Å². The van der Waals surface area contributed by atoms with Crippen LogP contribution in [0, 0.1) is 0 Å². The summed E-state index contributed by atoms with van der Waals surface area (Å²) in [6.07, 6.45) is 0. The van der Waals surface area contributed by atoms with E-state index in [2.05, 4.69) is 52.4 Å². The van der Waals surface area contributed by atoms with Gasteiger partial charge in [-0.25, -0.2) is 0 Å². The lowest BCUT2D eigenvalue weighted by Crippen LogP contribution is -2.25. The molecule has 1 aliphatic rings. The molecule has 0 spiro atoms. The van der Waals surface area contributed by atoms with Gasteiger partial charge in [-0.05, 0) is 51.4 Å². The lowest BCUT2D eigenvalue weighted by Gasteiger charge is -2.34. The molecule has 0 aliphatic carbocycles. The van der Waals surface area contributed by atoms with E-state index in [0.29, 0.717) is 13.1 Å². The van der Waals surface area contributed by atoms with Crippen LogP contribution >= 0.6 is 28.5 Å². The molecule has 3 nitrogen and oxygen atoms in total. The molecular weight excluding hydrogens is 458 g/mol. The van der Waals surface area contributed by atoms with Gasteiger partial charge >= 0.3 is 0 Å². The first kappa shape index (κ1) is 17.6. The van der Waals surface area contributed by atoms with Gasteiger partial charge < -0.3 is 14.4 Å². The predicted octanol–water partition coefficient (Wildman–Crippen LogP) is 6.02. The van der Waals surface area contributed by atoms with Gasteiger partial charge in [0.1, 0.15) is 23.7 Å². The molecule has 4 rings (SSSR count). The van der Waals surface area contributed by atoms with Crippen molar-refractivity contribution in [2.45, 2.75) is 11.8 Å². The highest BCUT2D eigenvalue weighted by atomic mass is 127. The van der Waals surface area contributed by atoms with Crippen LogP contribution in [0.1, 0.15) is 28.5 Å². The third-order valence-corrected chi connectivity index (χ3v) is 5.75. The fourth-order valence-electron chi connectivity index (χ4n) is 3.58. The van der Waals surface area contributed by atoms with Gasteiger partial charge in [0.05, 0.1) is 6.61 Å². The second-order valence-electron chi connectivity index (χ2n) is 6.28. The molecule has 0 saturated carbocycles. The maximum Gasteiger partial charge on any atom is 0.137 e. The van der Waals surface area contributed by atoms with Crippen LogP contribution in [-0.2, 0) is 0 Å². The quantitative estimate of drug-likeness (QED) is 0.370. The van der Waals surface area contributed by atoms with Crippen LogP contribution in [0.15, 0.2) is 72.8 Å². The molecule has 0 aromatic heterocycles. The molecule has 1 unspecified atom stereocenters. The van der Waals surface area contributed by atoms with Crippen molar-refractivity contribution in [3.8, 4) is 17.2 Å². The molecule has 3 aromatic carbocycles. The lowest BCUT2D eigenvalue weighted by molar-refractivity contribution is 0.248. The van der Waals surface area contributed by atoms with Gasteiger partial charge in [0.25, 0.3) is 0 Å². The molecule has 3 aromatic rings. The second kappa shape index (κ2) is 7.85. The van der Waals surface area contributed by atoms with Crippen molar-refractivity contribution in [2.24, 2.45) is 0 Å². The highest BCUT2D eigenvalue weighted by Crippen LogP contribution is 2.47. The number of benzene rings is 3. The highest BCUT2D eigenvalue weighted by Gasteiger charge is 2.33. The van der Waals surface area contributed by atoms with Crippen LogP contribution in [0.4, 0.5) is 0 Å². The molecule has 1 aliphatic heterocycles. The SMILES string of the molecule is Oc1ccc([C@@H]2c3ccc(OPI)cc3OC[C@@H]2c2ccccc2)cc1. The van der Waals surface area contributed by atoms with E-state index in [4.69, 9.17) is 9.26 Å². The number of aromatic hydroxyl groups is 1. The average molecular weight is 476 g/mol. The Labute approximate surface area is 167 Å². The number of hydrogen-bond donors (Lipinski definition) is 1. The number of phenols is 1. The van der Waals surface area contributed by atoms with Crippen LogP contribution in [0.5, 0.6) is 17.2 Å². The zero-order valence-corrected chi connectivity index (χ0v) is 17.1. The van der Waals surface area contributed by atoms with E-state index >= 15 is 0 Å². The molecule has 0 bridgehead atoms. The third kappa shape index (κ3) is 3.53. The smallest absolute Gasteiger partial charge is 0.137 e. The third-order valence-electron chi connectivity index (χ3n) is 4.78. The summed E-state index contributed by atoms with van der Waals surface area (Å²) in [6.45, 7) is 0.983. The van der Waals surface area contributed by atoms with E-state index in [1.54, 1.807) is 12.1 Å². The lowest BCUT2D eigenvalue weighted by atomic mass is 9.76. The maximum absolute atomic E-state index is 9.69. The Balaban J connectivity index is 1.81. The molecule has 1 N–H and O–H groups in total. The van der Waals surface area contributed by atoms with Crippen LogP contribution in [-0.4, -0.2) is 11.7 Å². The number of fused-ring (bicyclic) bond motifs is 1. The summed E-state index contributed by atoms with van der Waals surface area (Å²) in [4.78, 5) is 0.